The molecule has 2 heterocycles. The van der Waals surface area contributed by atoms with E-state index in [0.29, 0.717) is 36.4 Å². The van der Waals surface area contributed by atoms with E-state index in [9.17, 15) is 14.7 Å². The van der Waals surface area contributed by atoms with E-state index in [4.69, 9.17) is 9.47 Å². The largest absolute Gasteiger partial charge is 0.507 e. The molecule has 1 fully saturated rings. The smallest absolute Gasteiger partial charge is 0.295 e. The van der Waals surface area contributed by atoms with Crippen molar-refractivity contribution in [3.8, 4) is 5.75 Å². The topological polar surface area (TPSA) is 89.0 Å². The molecule has 1 amide bonds. The number of pyridine rings is 1. The summed E-state index contributed by atoms with van der Waals surface area (Å²) in [4.78, 5) is 31.1. The summed E-state index contributed by atoms with van der Waals surface area (Å²) < 4.78 is 10.3. The van der Waals surface area contributed by atoms with Gasteiger partial charge in [-0.3, -0.25) is 14.6 Å². The summed E-state index contributed by atoms with van der Waals surface area (Å²) in [5.41, 5.74) is 1.11. The Labute approximate surface area is 163 Å². The van der Waals surface area contributed by atoms with E-state index in [1.165, 1.54) is 12.0 Å². The van der Waals surface area contributed by atoms with Crippen molar-refractivity contribution in [3.63, 3.8) is 0 Å². The van der Waals surface area contributed by atoms with Crippen LogP contribution in [0, 0.1) is 0 Å². The summed E-state index contributed by atoms with van der Waals surface area (Å²) in [6.07, 6.45) is 3.78. The zero-order valence-corrected chi connectivity index (χ0v) is 15.8. The van der Waals surface area contributed by atoms with E-state index >= 15 is 0 Å². The zero-order valence-electron chi connectivity index (χ0n) is 15.8. The van der Waals surface area contributed by atoms with E-state index < -0.39 is 17.7 Å². The second-order valence-corrected chi connectivity index (χ2v) is 6.36. The van der Waals surface area contributed by atoms with Gasteiger partial charge < -0.3 is 19.5 Å². The maximum atomic E-state index is 12.8. The monoisotopic (exact) mass is 382 g/mol. The first kappa shape index (κ1) is 19.6. The van der Waals surface area contributed by atoms with Gasteiger partial charge in [-0.25, -0.2) is 0 Å². The summed E-state index contributed by atoms with van der Waals surface area (Å²) >= 11 is 0. The predicted octanol–water partition coefficient (Wildman–Crippen LogP) is 2.55. The molecule has 1 N–H and O–H groups in total. The number of aliphatic hydroxyl groups is 1. The molecule has 0 spiro atoms. The highest BCUT2D eigenvalue weighted by atomic mass is 16.5. The number of nitrogens with zero attached hydrogens (tertiary/aromatic N) is 2. The third kappa shape index (κ3) is 3.75. The minimum absolute atomic E-state index is 0.0451. The highest BCUT2D eigenvalue weighted by molar-refractivity contribution is 6.46. The van der Waals surface area contributed by atoms with Crippen LogP contribution in [0.15, 0.2) is 54.4 Å². The standard InChI is InChI=1S/C21H22N2O5/c1-27-11-5-10-23-18(15-7-4-9-22-13-15)17(20(25)21(23)26)19(24)14-6-3-8-16(12-14)28-2/h3-4,6-9,12-13,18,24H,5,10-11H2,1-2H3/b19-17-. The molecule has 1 aliphatic heterocycles. The molecular formula is C21H22N2O5. The minimum atomic E-state index is -0.716. The van der Waals surface area contributed by atoms with Crippen LogP contribution in [0.5, 0.6) is 5.75 Å². The van der Waals surface area contributed by atoms with Crippen LogP contribution in [0.3, 0.4) is 0 Å². The summed E-state index contributed by atoms with van der Waals surface area (Å²) in [5, 5.41) is 10.9. The van der Waals surface area contributed by atoms with Crippen molar-refractivity contribution >= 4 is 17.4 Å². The fraction of sp³-hybridized carbons (Fsp3) is 0.286. The predicted molar refractivity (Wildman–Crippen MR) is 103 cm³/mol. The molecule has 1 aromatic carbocycles. The van der Waals surface area contributed by atoms with Crippen LogP contribution in [0.4, 0.5) is 0 Å². The number of likely N-dealkylation sites (tertiary alicyclic amines) is 1. The highest BCUT2D eigenvalue weighted by Gasteiger charge is 2.45. The van der Waals surface area contributed by atoms with E-state index in [1.807, 2.05) is 0 Å². The third-order valence-corrected chi connectivity index (χ3v) is 4.63. The lowest BCUT2D eigenvalue weighted by Gasteiger charge is -2.25. The zero-order chi connectivity index (χ0) is 20.1. The van der Waals surface area contributed by atoms with Gasteiger partial charge in [0.25, 0.3) is 11.7 Å². The Hall–Kier alpha value is -3.19. The third-order valence-electron chi connectivity index (χ3n) is 4.63. The van der Waals surface area contributed by atoms with Crippen molar-refractivity contribution in [2.45, 2.75) is 12.5 Å². The van der Waals surface area contributed by atoms with E-state index in [2.05, 4.69) is 4.98 Å². The van der Waals surface area contributed by atoms with Crippen molar-refractivity contribution in [1.29, 1.82) is 0 Å². The van der Waals surface area contributed by atoms with Crippen LogP contribution in [-0.2, 0) is 14.3 Å². The first-order chi connectivity index (χ1) is 13.6. The van der Waals surface area contributed by atoms with Crippen molar-refractivity contribution in [2.75, 3.05) is 27.4 Å². The number of amides is 1. The number of benzene rings is 1. The van der Waals surface area contributed by atoms with Gasteiger partial charge in [0, 0.05) is 38.2 Å². The average molecular weight is 382 g/mol. The van der Waals surface area contributed by atoms with E-state index in [-0.39, 0.29) is 11.3 Å². The van der Waals surface area contributed by atoms with Gasteiger partial charge in [0.15, 0.2) is 0 Å². The van der Waals surface area contributed by atoms with Crippen LogP contribution >= 0.6 is 0 Å². The summed E-state index contributed by atoms with van der Waals surface area (Å²) in [7, 11) is 3.10. The van der Waals surface area contributed by atoms with Crippen LogP contribution < -0.4 is 4.74 Å². The van der Waals surface area contributed by atoms with Crippen molar-refractivity contribution in [2.24, 2.45) is 0 Å². The SMILES string of the molecule is COCCCN1C(=O)C(=O)/C(=C(\O)c2cccc(OC)c2)C1c1cccnc1. The second kappa shape index (κ2) is 8.67. The second-order valence-electron chi connectivity index (χ2n) is 6.36. The molecule has 146 valence electrons. The molecule has 3 rings (SSSR count). The highest BCUT2D eigenvalue weighted by Crippen LogP contribution is 2.39. The molecule has 0 bridgehead atoms. The Morgan fingerprint density at radius 1 is 1.21 bits per heavy atom. The molecule has 2 aromatic rings. The van der Waals surface area contributed by atoms with Crippen molar-refractivity contribution in [1.82, 2.24) is 9.88 Å². The van der Waals surface area contributed by atoms with Gasteiger partial charge in [0.2, 0.25) is 0 Å². The molecule has 0 saturated carbocycles. The summed E-state index contributed by atoms with van der Waals surface area (Å²) in [6, 6.07) is 9.53. The Morgan fingerprint density at radius 3 is 2.71 bits per heavy atom. The number of ether oxygens (including phenoxy) is 2. The number of rotatable bonds is 7. The number of hydrogen-bond donors (Lipinski definition) is 1. The Morgan fingerprint density at radius 2 is 2.04 bits per heavy atom. The lowest BCUT2D eigenvalue weighted by molar-refractivity contribution is -0.140. The van der Waals surface area contributed by atoms with Crippen molar-refractivity contribution in [3.05, 3.63) is 65.5 Å². The molecule has 1 atom stereocenters. The maximum absolute atomic E-state index is 12.8. The number of carbonyl (C=O) groups is 2. The van der Waals surface area contributed by atoms with Gasteiger partial charge in [0.1, 0.15) is 11.5 Å². The van der Waals surface area contributed by atoms with E-state index in [1.54, 1.807) is 55.9 Å². The number of aromatic nitrogens is 1. The molecule has 1 aromatic heterocycles. The summed E-state index contributed by atoms with van der Waals surface area (Å²) in [6.45, 7) is 0.783. The molecule has 1 saturated heterocycles. The summed E-state index contributed by atoms with van der Waals surface area (Å²) in [5.74, 6) is -1.06. The Bertz CT molecular complexity index is 895. The Kier molecular flexibility index (Phi) is 6.06. The number of Topliss-reactive ketones (excluding diaryl/α,β-unsaturated/α-hetero) is 1. The molecule has 28 heavy (non-hydrogen) atoms. The molecular weight excluding hydrogens is 360 g/mol. The molecule has 0 radical (unpaired) electrons. The van der Waals surface area contributed by atoms with Gasteiger partial charge in [0.05, 0.1) is 18.7 Å². The molecule has 7 heteroatoms. The fourth-order valence-electron chi connectivity index (χ4n) is 3.30. The lowest BCUT2D eigenvalue weighted by Crippen LogP contribution is -2.31. The fourth-order valence-corrected chi connectivity index (χ4v) is 3.30. The van der Waals surface area contributed by atoms with Gasteiger partial charge in [-0.1, -0.05) is 18.2 Å². The number of aliphatic hydroxyl groups excluding tert-OH is 1. The van der Waals surface area contributed by atoms with Crippen LogP contribution in [0.1, 0.15) is 23.6 Å². The molecule has 0 aliphatic carbocycles. The van der Waals surface area contributed by atoms with Gasteiger partial charge >= 0.3 is 0 Å². The minimum Gasteiger partial charge on any atom is -0.507 e. The number of methoxy groups -OCH3 is 2. The maximum Gasteiger partial charge on any atom is 0.295 e. The van der Waals surface area contributed by atoms with Gasteiger partial charge in [-0.05, 0) is 30.2 Å². The number of ketones is 1. The molecule has 1 aliphatic rings. The average Bonchev–Trinajstić information content (AvgIpc) is 2.99. The lowest BCUT2D eigenvalue weighted by atomic mass is 9.96. The van der Waals surface area contributed by atoms with E-state index in [0.717, 1.165) is 0 Å². The first-order valence-electron chi connectivity index (χ1n) is 8.90. The quantitative estimate of drug-likeness (QED) is 0.343. The van der Waals surface area contributed by atoms with Crippen molar-refractivity contribution < 1.29 is 24.2 Å². The van der Waals surface area contributed by atoms with Crippen LogP contribution in [0.2, 0.25) is 0 Å². The first-order valence-corrected chi connectivity index (χ1v) is 8.90. The molecule has 1 unspecified atom stereocenters. The number of carbonyl (C=O) groups excluding carboxylic acids is 2. The number of hydrogen-bond acceptors (Lipinski definition) is 6. The van der Waals surface area contributed by atoms with Crippen LogP contribution in [-0.4, -0.2) is 54.1 Å². The molecule has 7 nitrogen and oxygen atoms in total. The Balaban J connectivity index is 2.10. The van der Waals surface area contributed by atoms with Gasteiger partial charge in [-0.2, -0.15) is 0 Å². The van der Waals surface area contributed by atoms with Crippen LogP contribution in [0.25, 0.3) is 5.76 Å². The van der Waals surface area contributed by atoms with Gasteiger partial charge in [-0.15, -0.1) is 0 Å². The normalized spacial score (nSPS) is 18.5.